The van der Waals surface area contributed by atoms with E-state index in [2.05, 4.69) is 10.2 Å². The summed E-state index contributed by atoms with van der Waals surface area (Å²) in [5.74, 6) is -0.444. The molecule has 1 rings (SSSR count). The SMILES string of the molecule is CN(C)C(=O)c1ccc(N(CCO)CC(F)(F)F)nn1. The fourth-order valence-electron chi connectivity index (χ4n) is 1.45. The van der Waals surface area contributed by atoms with Crippen LogP contribution in [0, 0.1) is 0 Å². The Labute approximate surface area is 113 Å². The summed E-state index contributed by atoms with van der Waals surface area (Å²) >= 11 is 0. The molecule has 0 fully saturated rings. The van der Waals surface area contributed by atoms with Gasteiger partial charge in [0.15, 0.2) is 11.5 Å². The van der Waals surface area contributed by atoms with Gasteiger partial charge in [-0.2, -0.15) is 13.2 Å². The normalized spacial score (nSPS) is 11.3. The molecule has 1 aromatic heterocycles. The number of carbonyl (C=O) groups is 1. The molecule has 9 heteroatoms. The third kappa shape index (κ3) is 4.65. The summed E-state index contributed by atoms with van der Waals surface area (Å²) in [6, 6.07) is 2.57. The number of anilines is 1. The number of aliphatic hydroxyl groups excluding tert-OH is 1. The maximum atomic E-state index is 12.4. The zero-order chi connectivity index (χ0) is 15.3. The summed E-state index contributed by atoms with van der Waals surface area (Å²) in [5, 5.41) is 16.0. The lowest BCUT2D eigenvalue weighted by Crippen LogP contribution is -2.37. The van der Waals surface area contributed by atoms with E-state index in [1.807, 2.05) is 0 Å². The van der Waals surface area contributed by atoms with E-state index < -0.39 is 25.2 Å². The van der Waals surface area contributed by atoms with Crippen molar-refractivity contribution < 1.29 is 23.1 Å². The fraction of sp³-hybridized carbons (Fsp3) is 0.545. The van der Waals surface area contributed by atoms with Crippen LogP contribution in [0.2, 0.25) is 0 Å². The topological polar surface area (TPSA) is 69.6 Å². The highest BCUT2D eigenvalue weighted by molar-refractivity contribution is 5.91. The number of carbonyl (C=O) groups excluding carboxylic acids is 1. The predicted molar refractivity (Wildman–Crippen MR) is 65.4 cm³/mol. The van der Waals surface area contributed by atoms with Gasteiger partial charge in [0, 0.05) is 20.6 Å². The Balaban J connectivity index is 2.90. The van der Waals surface area contributed by atoms with Gasteiger partial charge in [-0.1, -0.05) is 0 Å². The second-order valence-electron chi connectivity index (χ2n) is 4.24. The van der Waals surface area contributed by atoms with Gasteiger partial charge < -0.3 is 14.9 Å². The first-order valence-electron chi connectivity index (χ1n) is 5.72. The van der Waals surface area contributed by atoms with Crippen molar-refractivity contribution in [3.63, 3.8) is 0 Å². The quantitative estimate of drug-likeness (QED) is 0.858. The number of nitrogens with zero attached hydrogens (tertiary/aromatic N) is 4. The van der Waals surface area contributed by atoms with Gasteiger partial charge in [-0.3, -0.25) is 4.79 Å². The zero-order valence-electron chi connectivity index (χ0n) is 11.1. The van der Waals surface area contributed by atoms with Crippen LogP contribution in [0.15, 0.2) is 12.1 Å². The van der Waals surface area contributed by atoms with Gasteiger partial charge >= 0.3 is 6.18 Å². The molecule has 0 spiro atoms. The number of hydrogen-bond donors (Lipinski definition) is 1. The molecule has 1 N–H and O–H groups in total. The number of aliphatic hydroxyl groups is 1. The largest absolute Gasteiger partial charge is 0.405 e. The van der Waals surface area contributed by atoms with Gasteiger partial charge in [-0.15, -0.1) is 10.2 Å². The minimum Gasteiger partial charge on any atom is -0.395 e. The second-order valence-corrected chi connectivity index (χ2v) is 4.24. The Kier molecular flexibility index (Phi) is 5.26. The van der Waals surface area contributed by atoms with Crippen LogP contribution in [0.5, 0.6) is 0 Å². The van der Waals surface area contributed by atoms with E-state index in [9.17, 15) is 18.0 Å². The summed E-state index contributed by atoms with van der Waals surface area (Å²) in [5.41, 5.74) is 0.0368. The molecule has 112 valence electrons. The summed E-state index contributed by atoms with van der Waals surface area (Å²) in [7, 11) is 3.05. The first kappa shape index (κ1) is 16.2. The number of hydrogen-bond acceptors (Lipinski definition) is 5. The van der Waals surface area contributed by atoms with Gasteiger partial charge in [0.1, 0.15) is 6.54 Å². The maximum Gasteiger partial charge on any atom is 0.405 e. The van der Waals surface area contributed by atoms with Gasteiger partial charge in [0.25, 0.3) is 5.91 Å². The summed E-state index contributed by atoms with van der Waals surface area (Å²) < 4.78 is 37.2. The smallest absolute Gasteiger partial charge is 0.395 e. The molecule has 1 amide bonds. The van der Waals surface area contributed by atoms with E-state index in [0.717, 1.165) is 4.90 Å². The van der Waals surface area contributed by atoms with E-state index in [4.69, 9.17) is 5.11 Å². The predicted octanol–water partition coefficient (Wildman–Crippen LogP) is 0.539. The lowest BCUT2D eigenvalue weighted by Gasteiger charge is -2.23. The Hall–Kier alpha value is -1.90. The van der Waals surface area contributed by atoms with Gasteiger partial charge in [-0.05, 0) is 12.1 Å². The highest BCUT2D eigenvalue weighted by Crippen LogP contribution is 2.20. The minimum absolute atomic E-state index is 0.0368. The Morgan fingerprint density at radius 3 is 2.35 bits per heavy atom. The zero-order valence-corrected chi connectivity index (χ0v) is 11.1. The van der Waals surface area contributed by atoms with E-state index in [1.54, 1.807) is 0 Å². The van der Waals surface area contributed by atoms with Crippen LogP contribution >= 0.6 is 0 Å². The summed E-state index contributed by atoms with van der Waals surface area (Å²) in [4.78, 5) is 13.7. The van der Waals surface area contributed by atoms with E-state index in [0.29, 0.717) is 0 Å². The molecule has 0 radical (unpaired) electrons. The van der Waals surface area contributed by atoms with Crippen LogP contribution in [0.4, 0.5) is 19.0 Å². The van der Waals surface area contributed by atoms with Crippen molar-refractivity contribution in [2.24, 2.45) is 0 Å². The molecule has 0 aromatic carbocycles. The van der Waals surface area contributed by atoms with Crippen LogP contribution in [0.25, 0.3) is 0 Å². The number of halogens is 3. The highest BCUT2D eigenvalue weighted by Gasteiger charge is 2.31. The number of rotatable bonds is 5. The van der Waals surface area contributed by atoms with Gasteiger partial charge in [-0.25, -0.2) is 0 Å². The third-order valence-electron chi connectivity index (χ3n) is 2.34. The molecule has 1 heterocycles. The van der Waals surface area contributed by atoms with Crippen molar-refractivity contribution in [1.29, 1.82) is 0 Å². The molecule has 1 aromatic rings. The second kappa shape index (κ2) is 6.51. The molecule has 0 bridgehead atoms. The molecule has 0 aliphatic carbocycles. The van der Waals surface area contributed by atoms with Crippen LogP contribution in [-0.2, 0) is 0 Å². The van der Waals surface area contributed by atoms with E-state index in [1.165, 1.54) is 31.1 Å². The molecule has 0 atom stereocenters. The monoisotopic (exact) mass is 292 g/mol. The highest BCUT2D eigenvalue weighted by atomic mass is 19.4. The Morgan fingerprint density at radius 2 is 1.95 bits per heavy atom. The number of amides is 1. The van der Waals surface area contributed by atoms with Crippen molar-refractivity contribution >= 4 is 11.7 Å². The molecule has 6 nitrogen and oxygen atoms in total. The molecule has 0 saturated carbocycles. The van der Waals surface area contributed by atoms with Crippen LogP contribution in [-0.4, -0.2) is 66.1 Å². The average Bonchev–Trinajstić information content (AvgIpc) is 2.36. The third-order valence-corrected chi connectivity index (χ3v) is 2.34. The molecule has 0 saturated heterocycles. The first-order valence-corrected chi connectivity index (χ1v) is 5.72. The van der Waals surface area contributed by atoms with Crippen molar-refractivity contribution in [1.82, 2.24) is 15.1 Å². The lowest BCUT2D eigenvalue weighted by atomic mass is 10.3. The molecule has 20 heavy (non-hydrogen) atoms. The maximum absolute atomic E-state index is 12.4. The minimum atomic E-state index is -4.42. The fourth-order valence-corrected chi connectivity index (χ4v) is 1.45. The van der Waals surface area contributed by atoms with E-state index in [-0.39, 0.29) is 18.1 Å². The van der Waals surface area contributed by atoms with Crippen molar-refractivity contribution in [3.8, 4) is 0 Å². The molecular formula is C11H15F3N4O2. The Morgan fingerprint density at radius 1 is 1.30 bits per heavy atom. The van der Waals surface area contributed by atoms with Crippen molar-refractivity contribution in [2.75, 3.05) is 38.7 Å². The van der Waals surface area contributed by atoms with Crippen molar-refractivity contribution in [2.45, 2.75) is 6.18 Å². The first-order chi connectivity index (χ1) is 9.24. The number of aromatic nitrogens is 2. The molecular weight excluding hydrogens is 277 g/mol. The van der Waals surface area contributed by atoms with Crippen LogP contribution in [0.3, 0.4) is 0 Å². The molecule has 0 unspecified atom stereocenters. The summed E-state index contributed by atoms with van der Waals surface area (Å²) in [6.45, 7) is -1.92. The molecule has 0 aliphatic rings. The van der Waals surface area contributed by atoms with Crippen LogP contribution < -0.4 is 4.90 Å². The summed E-state index contributed by atoms with van der Waals surface area (Å²) in [6.07, 6.45) is -4.42. The van der Waals surface area contributed by atoms with E-state index >= 15 is 0 Å². The van der Waals surface area contributed by atoms with Crippen LogP contribution in [0.1, 0.15) is 10.5 Å². The lowest BCUT2D eigenvalue weighted by molar-refractivity contribution is -0.120. The molecule has 0 aliphatic heterocycles. The van der Waals surface area contributed by atoms with Gasteiger partial charge in [0.2, 0.25) is 0 Å². The Bertz CT molecular complexity index is 448. The standard InChI is InChI=1S/C11H15F3N4O2/c1-17(2)10(20)8-3-4-9(16-15-8)18(5-6-19)7-11(12,13)14/h3-4,19H,5-7H2,1-2H3. The van der Waals surface area contributed by atoms with Gasteiger partial charge in [0.05, 0.1) is 6.61 Å². The van der Waals surface area contributed by atoms with Crippen molar-refractivity contribution in [3.05, 3.63) is 17.8 Å². The average molecular weight is 292 g/mol. The number of alkyl halides is 3.